The minimum absolute atomic E-state index is 0.0546. The average molecular weight is 586 g/mol. The third-order valence-corrected chi connectivity index (χ3v) is 8.02. The van der Waals surface area contributed by atoms with Gasteiger partial charge in [-0.1, -0.05) is 67.6 Å². The molecule has 0 aliphatic heterocycles. The highest BCUT2D eigenvalue weighted by Crippen LogP contribution is 2.23. The van der Waals surface area contributed by atoms with Gasteiger partial charge in [0.15, 0.2) is 0 Å². The first-order valence-electron chi connectivity index (χ1n) is 13.6. The van der Waals surface area contributed by atoms with E-state index < -0.39 is 33.6 Å². The number of para-hydroxylation sites is 1. The molecule has 220 valence electrons. The van der Waals surface area contributed by atoms with Gasteiger partial charge in [-0.3, -0.25) is 13.9 Å². The van der Waals surface area contributed by atoms with Crippen LogP contribution in [0.25, 0.3) is 0 Å². The van der Waals surface area contributed by atoms with Crippen LogP contribution in [0.15, 0.2) is 78.9 Å². The molecule has 2 atom stereocenters. The van der Waals surface area contributed by atoms with Gasteiger partial charge in [-0.15, -0.1) is 0 Å². The molecule has 0 radical (unpaired) electrons. The lowest BCUT2D eigenvalue weighted by molar-refractivity contribution is -0.141. The number of sulfonamides is 1. The maximum atomic E-state index is 14.7. The molecule has 2 amide bonds. The van der Waals surface area contributed by atoms with E-state index in [9.17, 15) is 26.8 Å². The summed E-state index contributed by atoms with van der Waals surface area (Å²) < 4.78 is 55.0. The summed E-state index contributed by atoms with van der Waals surface area (Å²) in [5.41, 5.74) is 0.964. The molecule has 0 aliphatic rings. The van der Waals surface area contributed by atoms with Gasteiger partial charge >= 0.3 is 0 Å². The molecule has 0 unspecified atom stereocenters. The summed E-state index contributed by atoms with van der Waals surface area (Å²) in [7, 11) is -3.84. The number of hydrogen-bond donors (Lipinski definition) is 1. The van der Waals surface area contributed by atoms with Crippen molar-refractivity contribution in [3.63, 3.8) is 0 Å². The molecule has 41 heavy (non-hydrogen) atoms. The molecule has 0 aromatic heterocycles. The Morgan fingerprint density at radius 3 is 2.12 bits per heavy atom. The van der Waals surface area contributed by atoms with Gasteiger partial charge in [-0.05, 0) is 43.5 Å². The summed E-state index contributed by atoms with van der Waals surface area (Å²) in [5.74, 6) is -2.02. The van der Waals surface area contributed by atoms with Gasteiger partial charge in [0.2, 0.25) is 21.8 Å². The van der Waals surface area contributed by atoms with Crippen molar-refractivity contribution in [3.05, 3.63) is 102 Å². The normalized spacial score (nSPS) is 12.8. The second-order valence-corrected chi connectivity index (χ2v) is 11.9. The Hall–Kier alpha value is -3.79. The minimum Gasteiger partial charge on any atom is -0.352 e. The Balaban J connectivity index is 1.91. The Bertz CT molecular complexity index is 1420. The fourth-order valence-corrected chi connectivity index (χ4v) is 5.41. The molecule has 1 N–H and O–H groups in total. The fourth-order valence-electron chi connectivity index (χ4n) is 4.44. The van der Waals surface area contributed by atoms with E-state index in [1.165, 1.54) is 35.2 Å². The molecule has 3 aromatic carbocycles. The molecular formula is C31H37F2N3O4S. The molecule has 10 heteroatoms. The van der Waals surface area contributed by atoms with Crippen LogP contribution in [-0.2, 0) is 32.6 Å². The predicted octanol–water partition coefficient (Wildman–Crippen LogP) is 5.07. The van der Waals surface area contributed by atoms with Crippen LogP contribution in [0.2, 0.25) is 0 Å². The summed E-state index contributed by atoms with van der Waals surface area (Å²) >= 11 is 0. The lowest BCUT2D eigenvalue weighted by Crippen LogP contribution is -2.52. The maximum Gasteiger partial charge on any atom is 0.243 e. The van der Waals surface area contributed by atoms with E-state index in [1.54, 1.807) is 18.2 Å². The van der Waals surface area contributed by atoms with E-state index in [0.717, 1.165) is 16.1 Å². The first kappa shape index (κ1) is 31.7. The largest absolute Gasteiger partial charge is 0.352 e. The highest BCUT2D eigenvalue weighted by molar-refractivity contribution is 7.92. The highest BCUT2D eigenvalue weighted by atomic mass is 32.2. The van der Waals surface area contributed by atoms with E-state index >= 15 is 0 Å². The minimum atomic E-state index is -3.84. The van der Waals surface area contributed by atoms with Crippen LogP contribution in [-0.4, -0.2) is 50.0 Å². The Morgan fingerprint density at radius 1 is 0.902 bits per heavy atom. The zero-order valence-electron chi connectivity index (χ0n) is 23.6. The highest BCUT2D eigenvalue weighted by Gasteiger charge is 2.31. The molecule has 3 aromatic rings. The first-order chi connectivity index (χ1) is 19.5. The van der Waals surface area contributed by atoms with Crippen molar-refractivity contribution in [2.24, 2.45) is 0 Å². The number of halogens is 2. The van der Waals surface area contributed by atoms with Crippen LogP contribution in [0.4, 0.5) is 14.5 Å². The zero-order valence-corrected chi connectivity index (χ0v) is 24.4. The molecule has 0 saturated heterocycles. The maximum absolute atomic E-state index is 14.7. The monoisotopic (exact) mass is 585 g/mol. The fraction of sp³-hybridized carbons (Fsp3) is 0.355. The van der Waals surface area contributed by atoms with Crippen LogP contribution in [0.3, 0.4) is 0 Å². The van der Waals surface area contributed by atoms with Gasteiger partial charge in [0.25, 0.3) is 0 Å². The van der Waals surface area contributed by atoms with E-state index in [0.29, 0.717) is 6.42 Å². The van der Waals surface area contributed by atoms with Crippen molar-refractivity contribution < 1.29 is 26.8 Å². The summed E-state index contributed by atoms with van der Waals surface area (Å²) in [4.78, 5) is 28.7. The van der Waals surface area contributed by atoms with Crippen molar-refractivity contribution in [1.29, 1.82) is 0 Å². The molecule has 0 bridgehead atoms. The van der Waals surface area contributed by atoms with Gasteiger partial charge in [0, 0.05) is 37.5 Å². The van der Waals surface area contributed by atoms with E-state index in [1.807, 2.05) is 44.2 Å². The number of nitrogens with one attached hydrogen (secondary N) is 1. The van der Waals surface area contributed by atoms with Crippen molar-refractivity contribution in [2.45, 2.75) is 58.2 Å². The van der Waals surface area contributed by atoms with Crippen molar-refractivity contribution >= 4 is 27.5 Å². The molecule has 3 rings (SSSR count). The van der Waals surface area contributed by atoms with Crippen LogP contribution in [0, 0.1) is 11.6 Å². The standard InChI is InChI=1S/C31H37F2N3O4S/c1-4-23(2)34-31(38)29(21-24-13-6-5-7-14-24)35(22-25-15-8-9-16-26(25)32)30(37)19-12-20-36(41(3,39)40)28-18-11-10-17-27(28)33/h5-11,13-18,23,29H,4,12,19-22H2,1-3H3,(H,34,38)/t23-,29+/m0/s1. The summed E-state index contributed by atoms with van der Waals surface area (Å²) in [5, 5.41) is 2.95. The third-order valence-electron chi connectivity index (χ3n) is 6.84. The third kappa shape index (κ3) is 9.11. The lowest BCUT2D eigenvalue weighted by atomic mass is 10.0. The molecular weight excluding hydrogens is 548 g/mol. The van der Waals surface area contributed by atoms with Gasteiger partial charge in [-0.2, -0.15) is 0 Å². The van der Waals surface area contributed by atoms with Crippen molar-refractivity contribution in [3.8, 4) is 0 Å². The molecule has 0 spiro atoms. The van der Waals surface area contributed by atoms with Gasteiger partial charge in [0.05, 0.1) is 11.9 Å². The second kappa shape index (κ2) is 14.7. The topological polar surface area (TPSA) is 86.8 Å². The number of rotatable bonds is 14. The van der Waals surface area contributed by atoms with Gasteiger partial charge < -0.3 is 10.2 Å². The Kier molecular flexibility index (Phi) is 11.4. The number of amides is 2. The lowest BCUT2D eigenvalue weighted by Gasteiger charge is -2.33. The van der Waals surface area contributed by atoms with E-state index in [2.05, 4.69) is 5.32 Å². The Labute approximate surface area is 241 Å². The first-order valence-corrected chi connectivity index (χ1v) is 15.5. The number of anilines is 1. The number of carbonyl (C=O) groups excluding carboxylic acids is 2. The summed E-state index contributed by atoms with van der Waals surface area (Å²) in [6, 6.07) is 19.7. The molecule has 7 nitrogen and oxygen atoms in total. The van der Waals surface area contributed by atoms with Crippen molar-refractivity contribution in [2.75, 3.05) is 17.1 Å². The van der Waals surface area contributed by atoms with Crippen LogP contribution < -0.4 is 9.62 Å². The summed E-state index contributed by atoms with van der Waals surface area (Å²) in [6.45, 7) is 3.49. The number of benzene rings is 3. The molecule has 0 saturated carbocycles. The van der Waals surface area contributed by atoms with Gasteiger partial charge in [-0.25, -0.2) is 17.2 Å². The molecule has 0 fully saturated rings. The Morgan fingerprint density at radius 2 is 1.51 bits per heavy atom. The average Bonchev–Trinajstić information content (AvgIpc) is 2.94. The smallest absolute Gasteiger partial charge is 0.243 e. The second-order valence-electron chi connectivity index (χ2n) is 10.0. The summed E-state index contributed by atoms with van der Waals surface area (Å²) in [6.07, 6.45) is 1.77. The van der Waals surface area contributed by atoms with Crippen LogP contribution in [0.5, 0.6) is 0 Å². The quantitative estimate of drug-likeness (QED) is 0.286. The number of nitrogens with zero attached hydrogens (tertiary/aromatic N) is 2. The van der Waals surface area contributed by atoms with Gasteiger partial charge in [0.1, 0.15) is 17.7 Å². The van der Waals surface area contributed by atoms with Crippen molar-refractivity contribution in [1.82, 2.24) is 10.2 Å². The van der Waals surface area contributed by atoms with E-state index in [4.69, 9.17) is 0 Å². The van der Waals surface area contributed by atoms with E-state index in [-0.39, 0.29) is 55.6 Å². The number of hydrogen-bond acceptors (Lipinski definition) is 4. The zero-order chi connectivity index (χ0) is 30.0. The molecule has 0 aliphatic carbocycles. The van der Waals surface area contributed by atoms with Crippen LogP contribution in [0.1, 0.15) is 44.2 Å². The number of carbonyl (C=O) groups is 2. The molecule has 0 heterocycles. The van der Waals surface area contributed by atoms with Crippen LogP contribution >= 0.6 is 0 Å². The predicted molar refractivity (Wildman–Crippen MR) is 157 cm³/mol. The SMILES string of the molecule is CC[C@H](C)NC(=O)[C@@H](Cc1ccccc1)N(Cc1ccccc1F)C(=O)CCCN(c1ccccc1F)S(C)(=O)=O.